The second-order valence-electron chi connectivity index (χ2n) is 2.93. The molecule has 0 aliphatic rings. The van der Waals surface area contributed by atoms with Gasteiger partial charge in [0.15, 0.2) is 0 Å². The summed E-state index contributed by atoms with van der Waals surface area (Å²) in [6.07, 6.45) is 0. The number of hydrogen-bond donors (Lipinski definition) is 2. The first-order valence-electron chi connectivity index (χ1n) is 4.49. The number of hydrogen-bond acceptors (Lipinski definition) is 3. The van der Waals surface area contributed by atoms with E-state index >= 15 is 0 Å². The van der Waals surface area contributed by atoms with Crippen molar-refractivity contribution in [1.29, 1.82) is 0 Å². The van der Waals surface area contributed by atoms with E-state index in [4.69, 9.17) is 10.5 Å². The summed E-state index contributed by atoms with van der Waals surface area (Å²) in [4.78, 5) is 0. The Bertz CT molecular complexity index is 291. The van der Waals surface area contributed by atoms with Gasteiger partial charge in [-0.05, 0) is 17.7 Å². The Labute approximate surface area is 83.1 Å². The van der Waals surface area contributed by atoms with Crippen molar-refractivity contribution in [3.05, 3.63) is 29.6 Å². The van der Waals surface area contributed by atoms with E-state index in [1.165, 1.54) is 12.1 Å². The van der Waals surface area contributed by atoms with Crippen LogP contribution < -0.4 is 11.1 Å². The largest absolute Gasteiger partial charge is 0.383 e. The van der Waals surface area contributed by atoms with Gasteiger partial charge < -0.3 is 15.8 Å². The standard InChI is InChI=1S/C10H15FN2O/c1-14-5-4-13-10-6-9(11)3-2-8(10)7-12/h2-3,6,13H,4-5,7,12H2,1H3. The van der Waals surface area contributed by atoms with Crippen LogP contribution in [-0.2, 0) is 11.3 Å². The first-order chi connectivity index (χ1) is 6.77. The van der Waals surface area contributed by atoms with Crippen LogP contribution in [0.4, 0.5) is 10.1 Å². The van der Waals surface area contributed by atoms with Crippen LogP contribution in [0.2, 0.25) is 0 Å². The zero-order chi connectivity index (χ0) is 10.4. The minimum atomic E-state index is -0.262. The summed E-state index contributed by atoms with van der Waals surface area (Å²) in [7, 11) is 1.62. The highest BCUT2D eigenvalue weighted by Crippen LogP contribution is 2.16. The molecule has 1 rings (SSSR count). The summed E-state index contributed by atoms with van der Waals surface area (Å²) in [6, 6.07) is 4.53. The number of methoxy groups -OCH3 is 1. The van der Waals surface area contributed by atoms with Crippen molar-refractivity contribution >= 4 is 5.69 Å². The lowest BCUT2D eigenvalue weighted by molar-refractivity contribution is 0.210. The van der Waals surface area contributed by atoms with Gasteiger partial charge in [0.25, 0.3) is 0 Å². The molecule has 0 atom stereocenters. The summed E-state index contributed by atoms with van der Waals surface area (Å²) in [5.74, 6) is -0.262. The Morgan fingerprint density at radius 1 is 1.50 bits per heavy atom. The number of anilines is 1. The van der Waals surface area contributed by atoms with Crippen molar-refractivity contribution in [2.75, 3.05) is 25.6 Å². The highest BCUT2D eigenvalue weighted by molar-refractivity contribution is 5.51. The summed E-state index contributed by atoms with van der Waals surface area (Å²) in [5.41, 5.74) is 7.16. The minimum absolute atomic E-state index is 0.262. The number of nitrogens with two attached hydrogens (primary N) is 1. The normalized spacial score (nSPS) is 10.2. The number of ether oxygens (including phenoxy) is 1. The van der Waals surface area contributed by atoms with E-state index in [1.807, 2.05) is 0 Å². The van der Waals surface area contributed by atoms with E-state index in [0.717, 1.165) is 11.3 Å². The lowest BCUT2D eigenvalue weighted by Gasteiger charge is -2.10. The SMILES string of the molecule is COCCNc1cc(F)ccc1CN. The van der Waals surface area contributed by atoms with Gasteiger partial charge in [0.2, 0.25) is 0 Å². The van der Waals surface area contributed by atoms with E-state index in [0.29, 0.717) is 19.7 Å². The predicted molar refractivity (Wildman–Crippen MR) is 54.7 cm³/mol. The van der Waals surface area contributed by atoms with E-state index in [9.17, 15) is 4.39 Å². The van der Waals surface area contributed by atoms with Crippen molar-refractivity contribution in [2.45, 2.75) is 6.54 Å². The van der Waals surface area contributed by atoms with Crippen LogP contribution in [0.25, 0.3) is 0 Å². The summed E-state index contributed by atoms with van der Waals surface area (Å²) in [6.45, 7) is 1.63. The number of rotatable bonds is 5. The van der Waals surface area contributed by atoms with Gasteiger partial charge in [-0.3, -0.25) is 0 Å². The van der Waals surface area contributed by atoms with Crippen molar-refractivity contribution in [3.8, 4) is 0 Å². The molecule has 3 nitrogen and oxygen atoms in total. The molecule has 14 heavy (non-hydrogen) atoms. The van der Waals surface area contributed by atoms with Crippen molar-refractivity contribution in [1.82, 2.24) is 0 Å². The second-order valence-corrected chi connectivity index (χ2v) is 2.93. The molecule has 0 aliphatic carbocycles. The fourth-order valence-corrected chi connectivity index (χ4v) is 1.18. The molecule has 1 aromatic rings. The van der Waals surface area contributed by atoms with Crippen LogP contribution >= 0.6 is 0 Å². The number of benzene rings is 1. The van der Waals surface area contributed by atoms with E-state index in [1.54, 1.807) is 13.2 Å². The average molecular weight is 198 g/mol. The molecule has 0 bridgehead atoms. The molecule has 3 N–H and O–H groups in total. The molecular formula is C10H15FN2O. The van der Waals surface area contributed by atoms with Gasteiger partial charge in [0, 0.05) is 25.9 Å². The Morgan fingerprint density at radius 3 is 2.93 bits per heavy atom. The molecule has 0 heterocycles. The van der Waals surface area contributed by atoms with Crippen molar-refractivity contribution in [2.24, 2.45) is 5.73 Å². The van der Waals surface area contributed by atoms with E-state index < -0.39 is 0 Å². The molecule has 0 unspecified atom stereocenters. The quantitative estimate of drug-likeness (QED) is 0.702. The Balaban J connectivity index is 2.67. The maximum atomic E-state index is 12.9. The van der Waals surface area contributed by atoms with Gasteiger partial charge in [-0.25, -0.2) is 4.39 Å². The molecule has 0 spiro atoms. The van der Waals surface area contributed by atoms with Crippen LogP contribution in [-0.4, -0.2) is 20.3 Å². The van der Waals surface area contributed by atoms with E-state index in [-0.39, 0.29) is 5.82 Å². The highest BCUT2D eigenvalue weighted by Gasteiger charge is 2.01. The summed E-state index contributed by atoms with van der Waals surface area (Å²) >= 11 is 0. The van der Waals surface area contributed by atoms with Crippen LogP contribution in [0.3, 0.4) is 0 Å². The van der Waals surface area contributed by atoms with Crippen LogP contribution in [0.1, 0.15) is 5.56 Å². The number of nitrogens with one attached hydrogen (secondary N) is 1. The first-order valence-corrected chi connectivity index (χ1v) is 4.49. The highest BCUT2D eigenvalue weighted by atomic mass is 19.1. The van der Waals surface area contributed by atoms with Crippen LogP contribution in [0.5, 0.6) is 0 Å². The molecule has 1 aromatic carbocycles. The maximum Gasteiger partial charge on any atom is 0.125 e. The molecule has 4 heteroatoms. The third-order valence-electron chi connectivity index (χ3n) is 1.91. The Morgan fingerprint density at radius 2 is 2.29 bits per heavy atom. The fraction of sp³-hybridized carbons (Fsp3) is 0.400. The van der Waals surface area contributed by atoms with Crippen molar-refractivity contribution < 1.29 is 9.13 Å². The van der Waals surface area contributed by atoms with Gasteiger partial charge in [-0.15, -0.1) is 0 Å². The lowest BCUT2D eigenvalue weighted by atomic mass is 10.1. The second kappa shape index (κ2) is 5.57. The smallest absolute Gasteiger partial charge is 0.125 e. The van der Waals surface area contributed by atoms with E-state index in [2.05, 4.69) is 5.32 Å². The molecular weight excluding hydrogens is 183 g/mol. The average Bonchev–Trinajstić information content (AvgIpc) is 2.19. The summed E-state index contributed by atoms with van der Waals surface area (Å²) < 4.78 is 17.8. The van der Waals surface area contributed by atoms with Gasteiger partial charge in [0.05, 0.1) is 6.61 Å². The molecule has 0 aliphatic heterocycles. The van der Waals surface area contributed by atoms with Gasteiger partial charge in [0.1, 0.15) is 5.82 Å². The number of halogens is 1. The van der Waals surface area contributed by atoms with Crippen LogP contribution in [0.15, 0.2) is 18.2 Å². The zero-order valence-corrected chi connectivity index (χ0v) is 8.22. The Kier molecular flexibility index (Phi) is 4.35. The molecule has 0 amide bonds. The molecule has 0 aromatic heterocycles. The fourth-order valence-electron chi connectivity index (χ4n) is 1.18. The topological polar surface area (TPSA) is 47.3 Å². The molecule has 0 radical (unpaired) electrons. The molecule has 0 saturated carbocycles. The summed E-state index contributed by atoms with van der Waals surface area (Å²) in [5, 5.41) is 3.06. The van der Waals surface area contributed by atoms with Crippen molar-refractivity contribution in [3.63, 3.8) is 0 Å². The molecule has 0 saturated heterocycles. The lowest BCUT2D eigenvalue weighted by Crippen LogP contribution is -2.11. The predicted octanol–water partition coefficient (Wildman–Crippen LogP) is 1.34. The first kappa shape index (κ1) is 10.9. The minimum Gasteiger partial charge on any atom is -0.383 e. The maximum absolute atomic E-state index is 12.9. The van der Waals surface area contributed by atoms with Gasteiger partial charge in [-0.2, -0.15) is 0 Å². The third-order valence-corrected chi connectivity index (χ3v) is 1.91. The molecule has 0 fully saturated rings. The third kappa shape index (κ3) is 2.97. The van der Waals surface area contributed by atoms with Gasteiger partial charge in [-0.1, -0.05) is 6.07 Å². The van der Waals surface area contributed by atoms with Gasteiger partial charge >= 0.3 is 0 Å². The van der Waals surface area contributed by atoms with Crippen LogP contribution in [0, 0.1) is 5.82 Å². The monoisotopic (exact) mass is 198 g/mol. The molecule has 78 valence electrons. The zero-order valence-electron chi connectivity index (χ0n) is 8.22. The Hall–Kier alpha value is -1.13.